The molecule has 0 unspecified atom stereocenters. The number of methoxy groups -OCH3 is 1. The van der Waals surface area contributed by atoms with Crippen LogP contribution in [0.1, 0.15) is 41.5 Å². The summed E-state index contributed by atoms with van der Waals surface area (Å²) < 4.78 is 9.91. The van der Waals surface area contributed by atoms with Gasteiger partial charge in [0.05, 0.1) is 12.6 Å². The maximum atomic E-state index is 11.2. The van der Waals surface area contributed by atoms with Crippen molar-refractivity contribution in [3.8, 4) is 0 Å². The van der Waals surface area contributed by atoms with Gasteiger partial charge in [-0.05, 0) is 27.7 Å². The molecule has 0 aromatic rings. The highest BCUT2D eigenvalue weighted by molar-refractivity contribution is 5.68. The van der Waals surface area contributed by atoms with Crippen LogP contribution >= 0.6 is 0 Å². The number of carbonyl (C=O) groups is 1. The number of rotatable bonds is 3. The van der Waals surface area contributed by atoms with E-state index >= 15 is 0 Å². The van der Waals surface area contributed by atoms with E-state index in [1.807, 2.05) is 41.5 Å². The first-order valence-electron chi connectivity index (χ1n) is 5.33. The van der Waals surface area contributed by atoms with Crippen LogP contribution in [0.3, 0.4) is 0 Å². The average Bonchev–Trinajstić information content (AvgIpc) is 2.04. The van der Waals surface area contributed by atoms with E-state index in [9.17, 15) is 4.79 Å². The van der Waals surface area contributed by atoms with Gasteiger partial charge >= 0.3 is 6.09 Å². The summed E-state index contributed by atoms with van der Waals surface area (Å²) in [5.41, 5.74) is -0.448. The third-order valence-corrected chi connectivity index (χ3v) is 1.18. The van der Waals surface area contributed by atoms with E-state index < -0.39 is 11.7 Å². The van der Waals surface area contributed by atoms with Crippen LogP contribution in [0, 0.1) is 0 Å². The third kappa shape index (κ3) is 13.2. The zero-order valence-corrected chi connectivity index (χ0v) is 11.0. The Kier molecular flexibility index (Phi) is 9.47. The van der Waals surface area contributed by atoms with Crippen molar-refractivity contribution in [2.45, 2.75) is 53.2 Å². The average molecular weight is 219 g/mol. The number of carbonyl (C=O) groups excluding carboxylic acids is 1. The summed E-state index contributed by atoms with van der Waals surface area (Å²) in [5.74, 6) is 0. The van der Waals surface area contributed by atoms with Crippen molar-refractivity contribution in [1.82, 2.24) is 5.32 Å². The van der Waals surface area contributed by atoms with Crippen molar-refractivity contribution in [2.75, 3.05) is 13.7 Å². The second kappa shape index (κ2) is 8.53. The van der Waals surface area contributed by atoms with Gasteiger partial charge in [-0.1, -0.05) is 13.8 Å². The van der Waals surface area contributed by atoms with Crippen LogP contribution in [0.25, 0.3) is 0 Å². The van der Waals surface area contributed by atoms with E-state index in [0.717, 1.165) is 0 Å². The van der Waals surface area contributed by atoms with Gasteiger partial charge in [-0.25, -0.2) is 4.79 Å². The van der Waals surface area contributed by atoms with Crippen molar-refractivity contribution < 1.29 is 14.3 Å². The Morgan fingerprint density at radius 1 is 1.33 bits per heavy atom. The highest BCUT2D eigenvalue weighted by atomic mass is 16.6. The second-order valence-corrected chi connectivity index (χ2v) is 4.00. The standard InChI is InChI=1S/C9H19NO3.C2H6/c1-7(6-12-5)10-8(11)13-9(2,3)4;1-2/h7H,6H2,1-5H3,(H,10,11);1-2H3/t7-;/m1./s1. The first kappa shape index (κ1) is 16.7. The first-order chi connectivity index (χ1) is 6.85. The van der Waals surface area contributed by atoms with Crippen LogP contribution in [-0.4, -0.2) is 31.5 Å². The molecule has 0 saturated carbocycles. The summed E-state index contributed by atoms with van der Waals surface area (Å²) in [7, 11) is 1.59. The van der Waals surface area contributed by atoms with Gasteiger partial charge in [-0.2, -0.15) is 0 Å². The lowest BCUT2D eigenvalue weighted by molar-refractivity contribution is 0.0477. The van der Waals surface area contributed by atoms with Crippen molar-refractivity contribution >= 4 is 6.09 Å². The third-order valence-electron chi connectivity index (χ3n) is 1.18. The summed E-state index contributed by atoms with van der Waals surface area (Å²) in [6, 6.07) is -0.0279. The van der Waals surface area contributed by atoms with Gasteiger partial charge in [-0.3, -0.25) is 0 Å². The number of nitrogens with one attached hydrogen (secondary N) is 1. The van der Waals surface area contributed by atoms with Crippen molar-refractivity contribution in [1.29, 1.82) is 0 Å². The molecule has 0 rings (SSSR count). The molecule has 92 valence electrons. The van der Waals surface area contributed by atoms with Crippen LogP contribution in [0.5, 0.6) is 0 Å². The van der Waals surface area contributed by atoms with Gasteiger partial charge in [0.1, 0.15) is 5.60 Å². The van der Waals surface area contributed by atoms with Crippen molar-refractivity contribution in [2.24, 2.45) is 0 Å². The predicted molar refractivity (Wildman–Crippen MR) is 62.1 cm³/mol. The molecule has 1 amide bonds. The second-order valence-electron chi connectivity index (χ2n) is 4.00. The first-order valence-corrected chi connectivity index (χ1v) is 5.33. The Morgan fingerprint density at radius 2 is 1.80 bits per heavy atom. The molecule has 0 heterocycles. The van der Waals surface area contributed by atoms with Crippen molar-refractivity contribution in [3.63, 3.8) is 0 Å². The van der Waals surface area contributed by atoms with Crippen LogP contribution in [0.15, 0.2) is 0 Å². The minimum absolute atomic E-state index is 0.0279. The Hall–Kier alpha value is -0.770. The maximum absolute atomic E-state index is 11.2. The minimum Gasteiger partial charge on any atom is -0.444 e. The Bertz CT molecular complexity index is 164. The fourth-order valence-electron chi connectivity index (χ4n) is 0.800. The van der Waals surface area contributed by atoms with E-state index in [4.69, 9.17) is 9.47 Å². The smallest absolute Gasteiger partial charge is 0.407 e. The molecule has 4 heteroatoms. The molecule has 0 aromatic heterocycles. The molecule has 0 aliphatic carbocycles. The molecule has 0 aromatic carbocycles. The molecule has 0 radical (unpaired) electrons. The molecule has 15 heavy (non-hydrogen) atoms. The molecule has 4 nitrogen and oxygen atoms in total. The lowest BCUT2D eigenvalue weighted by Crippen LogP contribution is -2.39. The summed E-state index contributed by atoms with van der Waals surface area (Å²) in [4.78, 5) is 11.2. The van der Waals surface area contributed by atoms with Gasteiger partial charge in [0.15, 0.2) is 0 Å². The van der Waals surface area contributed by atoms with E-state index in [-0.39, 0.29) is 6.04 Å². The number of ether oxygens (including phenoxy) is 2. The summed E-state index contributed by atoms with van der Waals surface area (Å²) in [6.45, 7) is 11.8. The molecule has 0 spiro atoms. The van der Waals surface area contributed by atoms with E-state index in [2.05, 4.69) is 5.32 Å². The van der Waals surface area contributed by atoms with Gasteiger partial charge < -0.3 is 14.8 Å². The molecule has 0 aliphatic rings. The predicted octanol–water partition coefficient (Wildman–Crippen LogP) is 2.57. The topological polar surface area (TPSA) is 47.6 Å². The SMILES string of the molecule is CC.COC[C@@H](C)NC(=O)OC(C)(C)C. The van der Waals surface area contributed by atoms with Gasteiger partial charge in [0.2, 0.25) is 0 Å². The number of hydrogen-bond acceptors (Lipinski definition) is 3. The molecule has 0 saturated heterocycles. The monoisotopic (exact) mass is 219 g/mol. The number of hydrogen-bond donors (Lipinski definition) is 1. The van der Waals surface area contributed by atoms with E-state index in [1.165, 1.54) is 0 Å². The molecular weight excluding hydrogens is 194 g/mol. The lowest BCUT2D eigenvalue weighted by atomic mass is 10.2. The van der Waals surface area contributed by atoms with E-state index in [1.54, 1.807) is 7.11 Å². The van der Waals surface area contributed by atoms with Crippen LogP contribution in [0.4, 0.5) is 4.79 Å². The number of amides is 1. The molecule has 1 atom stereocenters. The highest BCUT2D eigenvalue weighted by Crippen LogP contribution is 2.06. The Balaban J connectivity index is 0. The van der Waals surface area contributed by atoms with Gasteiger partial charge in [0.25, 0.3) is 0 Å². The molecular formula is C11H25NO3. The van der Waals surface area contributed by atoms with Crippen molar-refractivity contribution in [3.05, 3.63) is 0 Å². The highest BCUT2D eigenvalue weighted by Gasteiger charge is 2.17. The van der Waals surface area contributed by atoms with Crippen LogP contribution < -0.4 is 5.32 Å². The fraction of sp³-hybridized carbons (Fsp3) is 0.909. The normalized spacial score (nSPS) is 12.2. The Morgan fingerprint density at radius 3 is 2.13 bits per heavy atom. The zero-order chi connectivity index (χ0) is 12.5. The molecule has 0 fully saturated rings. The fourth-order valence-corrected chi connectivity index (χ4v) is 0.800. The van der Waals surface area contributed by atoms with Crippen LogP contribution in [-0.2, 0) is 9.47 Å². The van der Waals surface area contributed by atoms with E-state index in [0.29, 0.717) is 6.61 Å². The van der Waals surface area contributed by atoms with Crippen LogP contribution in [0.2, 0.25) is 0 Å². The quantitative estimate of drug-likeness (QED) is 0.793. The Labute approximate surface area is 93.3 Å². The zero-order valence-electron chi connectivity index (χ0n) is 11.0. The van der Waals surface area contributed by atoms with Gasteiger partial charge in [-0.15, -0.1) is 0 Å². The largest absolute Gasteiger partial charge is 0.444 e. The molecule has 0 aliphatic heterocycles. The summed E-state index contributed by atoms with van der Waals surface area (Å²) in [5, 5.41) is 2.65. The summed E-state index contributed by atoms with van der Waals surface area (Å²) in [6.07, 6.45) is -0.406. The summed E-state index contributed by atoms with van der Waals surface area (Å²) >= 11 is 0. The lowest BCUT2D eigenvalue weighted by Gasteiger charge is -2.21. The molecule has 0 bridgehead atoms. The molecule has 1 N–H and O–H groups in total. The van der Waals surface area contributed by atoms with Gasteiger partial charge in [0, 0.05) is 7.11 Å². The number of alkyl carbamates (subject to hydrolysis) is 1. The maximum Gasteiger partial charge on any atom is 0.407 e. The minimum atomic E-state index is -0.448.